The van der Waals surface area contributed by atoms with E-state index in [-0.39, 0.29) is 5.91 Å². The third-order valence-corrected chi connectivity index (χ3v) is 4.84. The number of imidazole rings is 1. The van der Waals surface area contributed by atoms with Gasteiger partial charge in [-0.3, -0.25) is 19.2 Å². The van der Waals surface area contributed by atoms with Crippen LogP contribution in [-0.4, -0.2) is 59.1 Å². The van der Waals surface area contributed by atoms with Gasteiger partial charge in [0.1, 0.15) is 5.82 Å². The Hall–Kier alpha value is -3.19. The van der Waals surface area contributed by atoms with Gasteiger partial charge in [0.2, 0.25) is 11.8 Å². The van der Waals surface area contributed by atoms with E-state index in [1.165, 1.54) is 0 Å². The number of ether oxygens (including phenoxy) is 1. The molecular weight excluding hydrogens is 354 g/mol. The molecule has 0 spiro atoms. The maximum Gasteiger partial charge on any atom is 0.242 e. The summed E-state index contributed by atoms with van der Waals surface area (Å²) >= 11 is 0. The Kier molecular flexibility index (Phi) is 5.08. The number of hydrogen-bond acceptors (Lipinski definition) is 5. The van der Waals surface area contributed by atoms with Crippen molar-refractivity contribution in [3.05, 3.63) is 54.9 Å². The highest BCUT2D eigenvalue weighted by molar-refractivity contribution is 5.94. The Morgan fingerprint density at radius 1 is 1.07 bits per heavy atom. The third-order valence-electron chi connectivity index (χ3n) is 4.84. The molecule has 2 aromatic heterocycles. The lowest BCUT2D eigenvalue weighted by molar-refractivity contribution is -0.118. The number of amides is 1. The molecule has 0 N–H and O–H groups in total. The molecule has 1 aliphatic heterocycles. The quantitative estimate of drug-likeness (QED) is 0.699. The summed E-state index contributed by atoms with van der Waals surface area (Å²) in [6, 6.07) is 13.7. The summed E-state index contributed by atoms with van der Waals surface area (Å²) in [4.78, 5) is 25.7. The minimum atomic E-state index is 0.0668. The van der Waals surface area contributed by atoms with Crippen LogP contribution in [-0.2, 0) is 4.79 Å². The molecule has 0 unspecified atom stereocenters. The minimum Gasteiger partial charge on any atom is -0.481 e. The van der Waals surface area contributed by atoms with Gasteiger partial charge in [0, 0.05) is 36.6 Å². The van der Waals surface area contributed by atoms with Gasteiger partial charge >= 0.3 is 0 Å². The van der Waals surface area contributed by atoms with Gasteiger partial charge in [-0.2, -0.15) is 0 Å². The van der Waals surface area contributed by atoms with Gasteiger partial charge < -0.3 is 4.74 Å². The summed E-state index contributed by atoms with van der Waals surface area (Å²) in [5, 5.41) is 0. The summed E-state index contributed by atoms with van der Waals surface area (Å²) in [5.41, 5.74) is 1.83. The predicted molar refractivity (Wildman–Crippen MR) is 108 cm³/mol. The summed E-state index contributed by atoms with van der Waals surface area (Å²) in [6.45, 7) is 1.96. The van der Waals surface area contributed by atoms with Crippen LogP contribution in [0.5, 0.6) is 5.88 Å². The molecule has 0 saturated carbocycles. The lowest BCUT2D eigenvalue weighted by Gasteiger charge is -2.17. The van der Waals surface area contributed by atoms with Crippen LogP contribution in [0.25, 0.3) is 17.1 Å². The summed E-state index contributed by atoms with van der Waals surface area (Å²) < 4.78 is 7.16. The van der Waals surface area contributed by atoms with E-state index in [4.69, 9.17) is 9.72 Å². The number of para-hydroxylation sites is 1. The molecule has 1 amide bonds. The molecule has 28 heavy (non-hydrogen) atoms. The molecule has 0 bridgehead atoms. The number of carbonyl (C=O) groups is 1. The fourth-order valence-corrected chi connectivity index (χ4v) is 3.38. The predicted octanol–water partition coefficient (Wildman–Crippen LogP) is 2.61. The van der Waals surface area contributed by atoms with Crippen LogP contribution >= 0.6 is 0 Å². The van der Waals surface area contributed by atoms with E-state index >= 15 is 0 Å². The summed E-state index contributed by atoms with van der Waals surface area (Å²) in [5.74, 6) is 2.02. The number of rotatable bonds is 4. The number of methoxy groups -OCH3 is 1. The molecule has 3 aromatic rings. The molecule has 4 rings (SSSR count). The second kappa shape index (κ2) is 7.82. The normalized spacial score (nSPS) is 15.5. The van der Waals surface area contributed by atoms with Crippen LogP contribution in [0.15, 0.2) is 54.9 Å². The second-order valence-electron chi connectivity index (χ2n) is 6.85. The Morgan fingerprint density at radius 3 is 2.61 bits per heavy atom. The first-order chi connectivity index (χ1) is 13.7. The van der Waals surface area contributed by atoms with E-state index in [0.29, 0.717) is 24.8 Å². The lowest BCUT2D eigenvalue weighted by atomic mass is 10.2. The first kappa shape index (κ1) is 18.2. The molecule has 1 aromatic carbocycles. The van der Waals surface area contributed by atoms with Crippen molar-refractivity contribution in [3.8, 4) is 23.0 Å². The SMILES string of the molecule is COc1ccc(-c2nc(N3CCCN(C)CC3=O)cn2-c2ccccc2)cn1. The van der Waals surface area contributed by atoms with E-state index in [9.17, 15) is 4.79 Å². The number of nitrogens with zero attached hydrogens (tertiary/aromatic N) is 5. The molecule has 0 atom stereocenters. The van der Waals surface area contributed by atoms with Gasteiger partial charge in [0.15, 0.2) is 5.82 Å². The maximum atomic E-state index is 12.7. The molecule has 7 heteroatoms. The van der Waals surface area contributed by atoms with Gasteiger partial charge in [0.05, 0.1) is 19.9 Å². The van der Waals surface area contributed by atoms with E-state index in [2.05, 4.69) is 4.98 Å². The molecule has 0 radical (unpaired) electrons. The van der Waals surface area contributed by atoms with Crippen molar-refractivity contribution in [3.63, 3.8) is 0 Å². The smallest absolute Gasteiger partial charge is 0.242 e. The van der Waals surface area contributed by atoms with Crippen LogP contribution in [0.4, 0.5) is 5.82 Å². The fourth-order valence-electron chi connectivity index (χ4n) is 3.38. The van der Waals surface area contributed by atoms with Gasteiger partial charge in [-0.05, 0) is 31.7 Å². The van der Waals surface area contributed by atoms with Crippen LogP contribution in [0.2, 0.25) is 0 Å². The van der Waals surface area contributed by atoms with E-state index in [1.54, 1.807) is 18.2 Å². The van der Waals surface area contributed by atoms with Crippen molar-refractivity contribution in [2.24, 2.45) is 0 Å². The lowest BCUT2D eigenvalue weighted by Crippen LogP contribution is -2.35. The molecule has 7 nitrogen and oxygen atoms in total. The summed E-state index contributed by atoms with van der Waals surface area (Å²) in [7, 11) is 3.56. The highest BCUT2D eigenvalue weighted by Gasteiger charge is 2.24. The number of likely N-dealkylation sites (N-methyl/N-ethyl adjacent to an activating group) is 1. The van der Waals surface area contributed by atoms with Crippen LogP contribution < -0.4 is 9.64 Å². The van der Waals surface area contributed by atoms with Crippen molar-refractivity contribution < 1.29 is 9.53 Å². The van der Waals surface area contributed by atoms with Gasteiger partial charge in [-0.15, -0.1) is 0 Å². The van der Waals surface area contributed by atoms with E-state index in [1.807, 2.05) is 65.2 Å². The molecular formula is C21H23N5O2. The van der Waals surface area contributed by atoms with Gasteiger partial charge in [0.25, 0.3) is 0 Å². The Labute approximate surface area is 164 Å². The standard InChI is InChI=1S/C21H23N5O2/c1-24-11-6-12-25(20(27)15-24)18-14-26(17-7-4-3-5-8-17)21(23-18)16-9-10-19(28-2)22-13-16/h3-5,7-10,13-14H,6,11-12,15H2,1-2H3. The first-order valence-electron chi connectivity index (χ1n) is 9.30. The maximum absolute atomic E-state index is 12.7. The molecule has 3 heterocycles. The topological polar surface area (TPSA) is 63.5 Å². The highest BCUT2D eigenvalue weighted by Crippen LogP contribution is 2.28. The Balaban J connectivity index is 1.79. The number of aromatic nitrogens is 3. The Bertz CT molecular complexity index is 953. The second-order valence-corrected chi connectivity index (χ2v) is 6.85. The average molecular weight is 377 g/mol. The van der Waals surface area contributed by atoms with Gasteiger partial charge in [-0.25, -0.2) is 9.97 Å². The molecule has 0 aliphatic carbocycles. The first-order valence-corrected chi connectivity index (χ1v) is 9.30. The number of carbonyl (C=O) groups excluding carboxylic acids is 1. The van der Waals surface area contributed by atoms with Crippen molar-refractivity contribution in [1.82, 2.24) is 19.4 Å². The number of hydrogen-bond donors (Lipinski definition) is 0. The average Bonchev–Trinajstić information content (AvgIpc) is 3.09. The van der Waals surface area contributed by atoms with Crippen LogP contribution in [0.1, 0.15) is 6.42 Å². The van der Waals surface area contributed by atoms with Crippen molar-refractivity contribution >= 4 is 11.7 Å². The van der Waals surface area contributed by atoms with Crippen LogP contribution in [0, 0.1) is 0 Å². The van der Waals surface area contributed by atoms with E-state index < -0.39 is 0 Å². The molecule has 1 fully saturated rings. The number of benzene rings is 1. The largest absolute Gasteiger partial charge is 0.481 e. The zero-order valence-corrected chi connectivity index (χ0v) is 16.1. The Morgan fingerprint density at radius 2 is 1.89 bits per heavy atom. The van der Waals surface area contributed by atoms with E-state index in [0.717, 1.165) is 30.0 Å². The fraction of sp³-hybridized carbons (Fsp3) is 0.286. The number of anilines is 1. The van der Waals surface area contributed by atoms with Crippen molar-refractivity contribution in [1.29, 1.82) is 0 Å². The third kappa shape index (κ3) is 3.61. The van der Waals surface area contributed by atoms with Gasteiger partial charge in [-0.1, -0.05) is 18.2 Å². The monoisotopic (exact) mass is 377 g/mol. The van der Waals surface area contributed by atoms with Crippen LogP contribution in [0.3, 0.4) is 0 Å². The minimum absolute atomic E-state index is 0.0668. The number of pyridine rings is 1. The highest BCUT2D eigenvalue weighted by atomic mass is 16.5. The molecule has 1 saturated heterocycles. The van der Waals surface area contributed by atoms with Crippen molar-refractivity contribution in [2.75, 3.05) is 38.7 Å². The zero-order valence-electron chi connectivity index (χ0n) is 16.1. The summed E-state index contributed by atoms with van der Waals surface area (Å²) in [6.07, 6.45) is 4.58. The van der Waals surface area contributed by atoms with Crippen molar-refractivity contribution in [2.45, 2.75) is 6.42 Å². The molecule has 1 aliphatic rings. The molecule has 144 valence electrons. The zero-order chi connectivity index (χ0) is 19.5.